The van der Waals surface area contributed by atoms with Crippen LogP contribution in [0, 0.1) is 28.6 Å². The fraction of sp³-hybridized carbons (Fsp3) is 0.867. The maximum Gasteiger partial charge on any atom is 0.331 e. The number of hydrogen-bond acceptors (Lipinski definition) is 11. The lowest BCUT2D eigenvalue weighted by Gasteiger charge is -2.66. The van der Waals surface area contributed by atoms with E-state index < -0.39 is 76.8 Å². The van der Waals surface area contributed by atoms with Crippen molar-refractivity contribution in [3.05, 3.63) is 11.6 Å². The fourth-order valence-corrected chi connectivity index (χ4v) is 9.98. The van der Waals surface area contributed by atoms with Gasteiger partial charge in [0.1, 0.15) is 31.2 Å². The predicted octanol–water partition coefficient (Wildman–Crippen LogP) is 0.375. The van der Waals surface area contributed by atoms with Crippen LogP contribution >= 0.6 is 0 Å². The maximum atomic E-state index is 13.1. The molecule has 14 atom stereocenters. The second-order valence-corrected chi connectivity index (χ2v) is 13.7. The Balaban J connectivity index is 1.25. The summed E-state index contributed by atoms with van der Waals surface area (Å²) in [4.78, 5) is 24.9. The van der Waals surface area contributed by atoms with Crippen LogP contribution in [0.4, 0.5) is 0 Å². The molecule has 0 aromatic rings. The van der Waals surface area contributed by atoms with Crippen LogP contribution in [0.25, 0.3) is 0 Å². The highest BCUT2D eigenvalue weighted by Gasteiger charge is 2.74. The number of ether oxygens (including phenoxy) is 4. The largest absolute Gasteiger partial charge is 0.458 e. The van der Waals surface area contributed by atoms with E-state index >= 15 is 0 Å². The first-order valence-electron chi connectivity index (χ1n) is 15.0. The average Bonchev–Trinajstić information content (AvgIpc) is 3.48. The first-order valence-corrected chi connectivity index (χ1v) is 15.0. The lowest BCUT2D eigenvalue weighted by molar-refractivity contribution is -0.322. The van der Waals surface area contributed by atoms with Crippen LogP contribution in [0.5, 0.6) is 0 Å². The summed E-state index contributed by atoms with van der Waals surface area (Å²) < 4.78 is 22.6. The van der Waals surface area contributed by atoms with E-state index in [1.54, 1.807) is 6.92 Å². The molecule has 4 aliphatic carbocycles. The number of carbonyl (C=O) groups excluding carboxylic acids is 2. The molecule has 230 valence electrons. The van der Waals surface area contributed by atoms with Crippen LogP contribution in [0.15, 0.2) is 11.6 Å². The minimum atomic E-state index is -1.42. The summed E-state index contributed by atoms with van der Waals surface area (Å²) in [6.07, 6.45) is -1.06. The van der Waals surface area contributed by atoms with E-state index in [1.807, 2.05) is 6.92 Å². The van der Waals surface area contributed by atoms with Crippen LogP contribution in [-0.4, -0.2) is 106 Å². The summed E-state index contributed by atoms with van der Waals surface area (Å²) in [5.74, 6) is -1.36. The standard InChI is InChI=1S/C30H44O11/c1-15-23(34)24(35)25(38-3)26(40-15)41-17-4-7-28(14-31)20-11-21(32)27(2)18(16-10-22(33)39-13-16)6-9-30(27,37)19(20)5-8-29(28,36)12-17/h10,14-15,17-21,23-26,32,34-37H,4-9,11-13H2,1-3H3/t15-,17+,18-,19-,20+,21-,23+,24-,25-,26+,27+,28?,29+,30+/m1/s1. The average molecular weight is 581 g/mol. The van der Waals surface area contributed by atoms with Crippen molar-refractivity contribution in [2.75, 3.05) is 13.7 Å². The minimum absolute atomic E-state index is 0.152. The van der Waals surface area contributed by atoms with Gasteiger partial charge in [0.15, 0.2) is 6.29 Å². The van der Waals surface area contributed by atoms with Gasteiger partial charge < -0.3 is 49.3 Å². The van der Waals surface area contributed by atoms with Gasteiger partial charge in [0, 0.05) is 25.0 Å². The zero-order chi connectivity index (χ0) is 29.5. The zero-order valence-corrected chi connectivity index (χ0v) is 24.0. The Morgan fingerprint density at radius 1 is 1.05 bits per heavy atom. The number of fused-ring (bicyclic) bond motifs is 5. The topological polar surface area (TPSA) is 172 Å². The highest BCUT2D eigenvalue weighted by molar-refractivity contribution is 5.85. The molecule has 2 heterocycles. The van der Waals surface area contributed by atoms with Gasteiger partial charge in [0.25, 0.3) is 0 Å². The van der Waals surface area contributed by atoms with E-state index in [-0.39, 0.29) is 37.7 Å². The molecule has 0 radical (unpaired) electrons. The summed E-state index contributed by atoms with van der Waals surface area (Å²) in [5, 5.41) is 57.0. The van der Waals surface area contributed by atoms with Gasteiger partial charge in [0.05, 0.1) is 34.9 Å². The molecule has 2 aliphatic heterocycles. The van der Waals surface area contributed by atoms with Gasteiger partial charge in [-0.15, -0.1) is 0 Å². The van der Waals surface area contributed by atoms with E-state index in [4.69, 9.17) is 18.9 Å². The molecule has 0 aromatic carbocycles. The minimum Gasteiger partial charge on any atom is -0.458 e. The van der Waals surface area contributed by atoms with E-state index in [0.717, 1.165) is 11.9 Å². The highest BCUT2D eigenvalue weighted by Crippen LogP contribution is 2.70. The molecule has 41 heavy (non-hydrogen) atoms. The summed E-state index contributed by atoms with van der Waals surface area (Å²) in [7, 11) is 1.40. The summed E-state index contributed by atoms with van der Waals surface area (Å²) in [6.45, 7) is 3.70. The molecule has 0 aromatic heterocycles. The van der Waals surface area contributed by atoms with E-state index in [1.165, 1.54) is 13.2 Å². The summed E-state index contributed by atoms with van der Waals surface area (Å²) in [6, 6.07) is 0. The normalized spacial score (nSPS) is 54.9. The molecular formula is C30H44O11. The Labute approximate surface area is 239 Å². The number of aliphatic hydroxyl groups excluding tert-OH is 3. The number of esters is 1. The Bertz CT molecular complexity index is 1100. The van der Waals surface area contributed by atoms with Crippen molar-refractivity contribution in [3.63, 3.8) is 0 Å². The number of hydrogen-bond donors (Lipinski definition) is 5. The summed E-state index contributed by atoms with van der Waals surface area (Å²) >= 11 is 0. The third-order valence-corrected chi connectivity index (χ3v) is 12.3. The molecule has 0 spiro atoms. The molecule has 1 saturated heterocycles. The molecule has 1 unspecified atom stereocenters. The first-order chi connectivity index (χ1) is 19.3. The summed E-state index contributed by atoms with van der Waals surface area (Å²) in [5.41, 5.74) is -3.98. The van der Waals surface area contributed by atoms with Gasteiger partial charge >= 0.3 is 5.97 Å². The van der Waals surface area contributed by atoms with Crippen LogP contribution < -0.4 is 0 Å². The second-order valence-electron chi connectivity index (χ2n) is 13.7. The Morgan fingerprint density at radius 3 is 2.46 bits per heavy atom. The number of cyclic esters (lactones) is 1. The number of aldehydes is 1. The zero-order valence-electron chi connectivity index (χ0n) is 24.0. The molecule has 0 bridgehead atoms. The maximum absolute atomic E-state index is 13.1. The molecule has 4 saturated carbocycles. The fourth-order valence-electron chi connectivity index (χ4n) is 9.98. The Hall–Kier alpha value is -1.44. The van der Waals surface area contributed by atoms with Gasteiger partial charge in [-0.05, 0) is 75.2 Å². The number of rotatable bonds is 5. The molecule has 6 aliphatic rings. The van der Waals surface area contributed by atoms with Gasteiger partial charge in [-0.25, -0.2) is 4.79 Å². The van der Waals surface area contributed by atoms with Crippen molar-refractivity contribution in [1.29, 1.82) is 0 Å². The third-order valence-electron chi connectivity index (χ3n) is 12.3. The molecule has 11 nitrogen and oxygen atoms in total. The van der Waals surface area contributed by atoms with Crippen LogP contribution in [0.2, 0.25) is 0 Å². The number of carbonyl (C=O) groups is 2. The molecule has 6 rings (SSSR count). The Morgan fingerprint density at radius 2 is 1.80 bits per heavy atom. The molecule has 11 heteroatoms. The molecule has 5 fully saturated rings. The molecule has 0 amide bonds. The van der Waals surface area contributed by atoms with Gasteiger partial charge in [-0.3, -0.25) is 0 Å². The van der Waals surface area contributed by atoms with Crippen molar-refractivity contribution >= 4 is 12.3 Å². The SMILES string of the molecule is CO[C@H]1[C@H](O[C@H]2CCC3(C=O)[C@H]4C[C@@H](O)[C@]5(C)[C@@H](C6=CC(=O)OC6)CC[C@]5(O)[C@@H]4CC[C@]3(O)C2)O[C@H](C)[C@H](O)[C@H]1O. The van der Waals surface area contributed by atoms with Gasteiger partial charge in [-0.1, -0.05) is 6.92 Å². The lowest BCUT2D eigenvalue weighted by atomic mass is 9.41. The smallest absolute Gasteiger partial charge is 0.331 e. The third kappa shape index (κ3) is 4.00. The number of methoxy groups -OCH3 is 1. The van der Waals surface area contributed by atoms with Crippen molar-refractivity contribution in [1.82, 2.24) is 0 Å². The van der Waals surface area contributed by atoms with E-state index in [9.17, 15) is 35.1 Å². The first kappa shape index (κ1) is 29.6. The van der Waals surface area contributed by atoms with Crippen molar-refractivity contribution in [2.45, 2.75) is 119 Å². The number of aliphatic hydroxyl groups is 5. The molecule has 5 N–H and O–H groups in total. The van der Waals surface area contributed by atoms with Crippen molar-refractivity contribution in [3.8, 4) is 0 Å². The quantitative estimate of drug-likeness (QED) is 0.173. The lowest BCUT2D eigenvalue weighted by Crippen LogP contribution is -2.71. The monoisotopic (exact) mass is 580 g/mol. The van der Waals surface area contributed by atoms with E-state index in [2.05, 4.69) is 0 Å². The predicted molar refractivity (Wildman–Crippen MR) is 141 cm³/mol. The van der Waals surface area contributed by atoms with Crippen LogP contribution in [0.1, 0.15) is 65.2 Å². The van der Waals surface area contributed by atoms with Crippen molar-refractivity contribution in [2.24, 2.45) is 28.6 Å². The van der Waals surface area contributed by atoms with Gasteiger partial charge in [-0.2, -0.15) is 0 Å². The van der Waals surface area contributed by atoms with Crippen LogP contribution in [0.3, 0.4) is 0 Å². The second kappa shape index (κ2) is 10.1. The highest BCUT2D eigenvalue weighted by atomic mass is 16.7. The van der Waals surface area contributed by atoms with E-state index in [0.29, 0.717) is 32.1 Å². The molecular weight excluding hydrogens is 536 g/mol. The van der Waals surface area contributed by atoms with Crippen molar-refractivity contribution < 1.29 is 54.1 Å². The Kier molecular flexibility index (Phi) is 7.26. The van der Waals surface area contributed by atoms with Crippen LogP contribution in [-0.2, 0) is 28.5 Å². The van der Waals surface area contributed by atoms with Gasteiger partial charge in [0.2, 0.25) is 0 Å².